The van der Waals surface area contributed by atoms with Crippen molar-refractivity contribution in [1.82, 2.24) is 0 Å². The Labute approximate surface area is 127 Å². The van der Waals surface area contributed by atoms with E-state index in [4.69, 9.17) is 19.5 Å². The lowest BCUT2D eigenvalue weighted by molar-refractivity contribution is 0.0920. The van der Waals surface area contributed by atoms with Crippen LogP contribution in [0.2, 0.25) is 0 Å². The van der Waals surface area contributed by atoms with Crippen LogP contribution in [-0.2, 0) is 0 Å². The third-order valence-electron chi connectivity index (χ3n) is 3.22. The first-order chi connectivity index (χ1) is 10.8. The Morgan fingerprint density at radius 1 is 1.09 bits per heavy atom. The SMILES string of the molecule is N#Cc1ccc(OCC(=O)c2ccc3c(c2)OCCO3)cc1. The van der Waals surface area contributed by atoms with Gasteiger partial charge in [-0.1, -0.05) is 0 Å². The molecule has 0 fully saturated rings. The van der Waals surface area contributed by atoms with Gasteiger partial charge in [-0.15, -0.1) is 0 Å². The van der Waals surface area contributed by atoms with Crippen LogP contribution >= 0.6 is 0 Å². The summed E-state index contributed by atoms with van der Waals surface area (Å²) >= 11 is 0. The van der Waals surface area contributed by atoms with Gasteiger partial charge in [0.05, 0.1) is 11.6 Å². The van der Waals surface area contributed by atoms with Crippen molar-refractivity contribution in [3.8, 4) is 23.3 Å². The molecule has 0 unspecified atom stereocenters. The molecular formula is C17H13NO4. The predicted octanol–water partition coefficient (Wildman–Crippen LogP) is 2.59. The Kier molecular flexibility index (Phi) is 3.92. The molecule has 2 aromatic rings. The number of carbonyl (C=O) groups is 1. The van der Waals surface area contributed by atoms with Crippen LogP contribution in [0.3, 0.4) is 0 Å². The molecule has 0 saturated carbocycles. The molecule has 0 spiro atoms. The first-order valence-electron chi connectivity index (χ1n) is 6.82. The summed E-state index contributed by atoms with van der Waals surface area (Å²) in [6, 6.07) is 13.7. The molecule has 0 bridgehead atoms. The summed E-state index contributed by atoms with van der Waals surface area (Å²) in [5.74, 6) is 1.62. The molecule has 0 aliphatic carbocycles. The Hall–Kier alpha value is -3.00. The zero-order valence-electron chi connectivity index (χ0n) is 11.7. The van der Waals surface area contributed by atoms with E-state index in [0.29, 0.717) is 41.6 Å². The summed E-state index contributed by atoms with van der Waals surface area (Å²) in [6.45, 7) is 0.917. The molecule has 0 atom stereocenters. The van der Waals surface area contributed by atoms with Gasteiger partial charge in [-0.25, -0.2) is 0 Å². The monoisotopic (exact) mass is 295 g/mol. The van der Waals surface area contributed by atoms with Gasteiger partial charge in [0.25, 0.3) is 0 Å². The van der Waals surface area contributed by atoms with Gasteiger partial charge in [0.15, 0.2) is 23.9 Å². The van der Waals surface area contributed by atoms with Gasteiger partial charge in [0.2, 0.25) is 0 Å². The summed E-state index contributed by atoms with van der Waals surface area (Å²) < 4.78 is 16.3. The molecule has 0 amide bonds. The highest BCUT2D eigenvalue weighted by Crippen LogP contribution is 2.30. The zero-order valence-corrected chi connectivity index (χ0v) is 11.7. The van der Waals surface area contributed by atoms with Crippen LogP contribution in [0.15, 0.2) is 42.5 Å². The second-order valence-electron chi connectivity index (χ2n) is 4.71. The maximum atomic E-state index is 12.2. The van der Waals surface area contributed by atoms with Gasteiger partial charge >= 0.3 is 0 Å². The number of fused-ring (bicyclic) bond motifs is 1. The minimum atomic E-state index is -0.152. The van der Waals surface area contributed by atoms with E-state index in [1.165, 1.54) is 0 Å². The number of rotatable bonds is 4. The molecule has 0 aromatic heterocycles. The van der Waals surface area contributed by atoms with Crippen LogP contribution < -0.4 is 14.2 Å². The highest BCUT2D eigenvalue weighted by molar-refractivity contribution is 5.97. The molecule has 3 rings (SSSR count). The van der Waals surface area contributed by atoms with Gasteiger partial charge in [-0.3, -0.25) is 4.79 Å². The normalized spacial score (nSPS) is 12.3. The largest absolute Gasteiger partial charge is 0.486 e. The number of ketones is 1. The molecule has 0 radical (unpaired) electrons. The zero-order chi connectivity index (χ0) is 15.4. The lowest BCUT2D eigenvalue weighted by Gasteiger charge is -2.18. The first kappa shape index (κ1) is 14.0. The number of ether oxygens (including phenoxy) is 3. The van der Waals surface area contributed by atoms with Crippen LogP contribution in [0, 0.1) is 11.3 Å². The smallest absolute Gasteiger partial charge is 0.200 e. The molecule has 2 aromatic carbocycles. The van der Waals surface area contributed by atoms with E-state index >= 15 is 0 Å². The van der Waals surface area contributed by atoms with Crippen molar-refractivity contribution < 1.29 is 19.0 Å². The van der Waals surface area contributed by atoms with Crippen molar-refractivity contribution in [2.75, 3.05) is 19.8 Å². The molecule has 22 heavy (non-hydrogen) atoms. The fourth-order valence-corrected chi connectivity index (χ4v) is 2.07. The van der Waals surface area contributed by atoms with Gasteiger partial charge in [0.1, 0.15) is 19.0 Å². The Bertz CT molecular complexity index is 731. The third kappa shape index (κ3) is 3.01. The number of nitriles is 1. The van der Waals surface area contributed by atoms with E-state index in [9.17, 15) is 4.79 Å². The molecule has 110 valence electrons. The van der Waals surface area contributed by atoms with Crippen LogP contribution in [0.5, 0.6) is 17.2 Å². The van der Waals surface area contributed by atoms with Crippen LogP contribution in [0.1, 0.15) is 15.9 Å². The quantitative estimate of drug-likeness (QED) is 0.811. The molecule has 1 aliphatic rings. The lowest BCUT2D eigenvalue weighted by Crippen LogP contribution is -2.17. The highest BCUT2D eigenvalue weighted by Gasteiger charge is 2.15. The van der Waals surface area contributed by atoms with Crippen molar-refractivity contribution in [3.63, 3.8) is 0 Å². The summed E-state index contributed by atoms with van der Waals surface area (Å²) in [5, 5.41) is 8.73. The summed E-state index contributed by atoms with van der Waals surface area (Å²) in [4.78, 5) is 12.2. The number of Topliss-reactive ketones (excluding diaryl/α,β-unsaturated/α-hetero) is 1. The first-order valence-corrected chi connectivity index (χ1v) is 6.82. The van der Waals surface area contributed by atoms with Crippen molar-refractivity contribution in [2.24, 2.45) is 0 Å². The van der Waals surface area contributed by atoms with Gasteiger partial charge in [-0.05, 0) is 42.5 Å². The molecule has 0 N–H and O–H groups in total. The molecular weight excluding hydrogens is 282 g/mol. The van der Waals surface area contributed by atoms with E-state index in [1.807, 2.05) is 6.07 Å². The molecule has 1 aliphatic heterocycles. The van der Waals surface area contributed by atoms with Crippen molar-refractivity contribution in [1.29, 1.82) is 5.26 Å². The van der Waals surface area contributed by atoms with E-state index in [2.05, 4.69) is 0 Å². The third-order valence-corrected chi connectivity index (χ3v) is 3.22. The Morgan fingerprint density at radius 2 is 1.82 bits per heavy atom. The molecule has 0 saturated heterocycles. The minimum absolute atomic E-state index is 0.0778. The number of nitrogens with zero attached hydrogens (tertiary/aromatic N) is 1. The van der Waals surface area contributed by atoms with Gasteiger partial charge in [0, 0.05) is 5.56 Å². The maximum Gasteiger partial charge on any atom is 0.200 e. The standard InChI is InChI=1S/C17H13NO4/c18-10-12-1-4-14(5-2-12)22-11-15(19)13-3-6-16-17(9-13)21-8-7-20-16/h1-6,9H,7-8,11H2. The van der Waals surface area contributed by atoms with Crippen molar-refractivity contribution >= 4 is 5.78 Å². The van der Waals surface area contributed by atoms with Crippen molar-refractivity contribution in [3.05, 3.63) is 53.6 Å². The Balaban J connectivity index is 1.65. The minimum Gasteiger partial charge on any atom is -0.486 e. The van der Waals surface area contributed by atoms with Crippen LogP contribution in [0.25, 0.3) is 0 Å². The number of benzene rings is 2. The average molecular weight is 295 g/mol. The number of hydrogen-bond acceptors (Lipinski definition) is 5. The maximum absolute atomic E-state index is 12.2. The van der Waals surface area contributed by atoms with Crippen molar-refractivity contribution in [2.45, 2.75) is 0 Å². The number of hydrogen-bond donors (Lipinski definition) is 0. The molecule has 5 nitrogen and oxygen atoms in total. The van der Waals surface area contributed by atoms with Crippen LogP contribution in [0.4, 0.5) is 0 Å². The lowest BCUT2D eigenvalue weighted by atomic mass is 10.1. The van der Waals surface area contributed by atoms with E-state index in [-0.39, 0.29) is 12.4 Å². The second-order valence-corrected chi connectivity index (χ2v) is 4.71. The molecule has 5 heteroatoms. The van der Waals surface area contributed by atoms with Crippen LogP contribution in [-0.4, -0.2) is 25.6 Å². The fourth-order valence-electron chi connectivity index (χ4n) is 2.07. The van der Waals surface area contributed by atoms with E-state index in [1.54, 1.807) is 42.5 Å². The van der Waals surface area contributed by atoms with E-state index in [0.717, 1.165) is 0 Å². The summed E-state index contributed by atoms with van der Waals surface area (Å²) in [6.07, 6.45) is 0. The van der Waals surface area contributed by atoms with Gasteiger partial charge < -0.3 is 14.2 Å². The second kappa shape index (κ2) is 6.19. The topological polar surface area (TPSA) is 68.5 Å². The number of carbonyl (C=O) groups excluding carboxylic acids is 1. The average Bonchev–Trinajstić information content (AvgIpc) is 2.59. The highest BCUT2D eigenvalue weighted by atomic mass is 16.6. The van der Waals surface area contributed by atoms with E-state index < -0.39 is 0 Å². The summed E-state index contributed by atoms with van der Waals surface area (Å²) in [7, 11) is 0. The van der Waals surface area contributed by atoms with Gasteiger partial charge in [-0.2, -0.15) is 5.26 Å². The predicted molar refractivity (Wildman–Crippen MR) is 78.4 cm³/mol. The Morgan fingerprint density at radius 3 is 2.55 bits per heavy atom. The summed E-state index contributed by atoms with van der Waals surface area (Å²) in [5.41, 5.74) is 1.06. The fraction of sp³-hybridized carbons (Fsp3) is 0.176. The molecule has 1 heterocycles.